The molecule has 0 spiro atoms. The molecule has 0 aromatic heterocycles. The second-order valence-electron chi connectivity index (χ2n) is 6.10. The molecule has 0 atom stereocenters. The Morgan fingerprint density at radius 1 is 0.962 bits per heavy atom. The van der Waals surface area contributed by atoms with Crippen molar-refractivity contribution in [3.05, 3.63) is 65.5 Å². The number of carbonyl (C=O) groups excluding carboxylic acids is 1. The highest BCUT2D eigenvalue weighted by atomic mass is 19.3. The molecular formula is C19H19F3N2O2. The Labute approximate surface area is 149 Å². The number of ether oxygens (including phenoxy) is 1. The van der Waals surface area contributed by atoms with E-state index in [0.29, 0.717) is 25.2 Å². The first kappa shape index (κ1) is 18.3. The van der Waals surface area contributed by atoms with E-state index in [-0.39, 0.29) is 17.5 Å². The van der Waals surface area contributed by atoms with Gasteiger partial charge in [0.25, 0.3) is 5.91 Å². The second-order valence-corrected chi connectivity index (χ2v) is 6.10. The van der Waals surface area contributed by atoms with Gasteiger partial charge in [-0.2, -0.15) is 8.78 Å². The van der Waals surface area contributed by atoms with Crippen LogP contribution in [0.3, 0.4) is 0 Å². The molecule has 0 saturated carbocycles. The van der Waals surface area contributed by atoms with Crippen molar-refractivity contribution in [1.82, 2.24) is 9.80 Å². The van der Waals surface area contributed by atoms with Gasteiger partial charge < -0.3 is 9.64 Å². The SMILES string of the molecule is O=C(c1ccc(OC(F)F)cc1)N1CCN(Cc2ccc(F)cc2)CC1. The lowest BCUT2D eigenvalue weighted by atomic mass is 10.1. The number of benzene rings is 2. The molecule has 1 heterocycles. The van der Waals surface area contributed by atoms with Crippen LogP contribution >= 0.6 is 0 Å². The summed E-state index contributed by atoms with van der Waals surface area (Å²) in [7, 11) is 0. The van der Waals surface area contributed by atoms with Gasteiger partial charge in [0.2, 0.25) is 0 Å². The molecule has 7 heteroatoms. The van der Waals surface area contributed by atoms with Crippen molar-refractivity contribution in [1.29, 1.82) is 0 Å². The molecule has 1 aliphatic heterocycles. The van der Waals surface area contributed by atoms with E-state index in [2.05, 4.69) is 9.64 Å². The van der Waals surface area contributed by atoms with Crippen molar-refractivity contribution < 1.29 is 22.7 Å². The third-order valence-electron chi connectivity index (χ3n) is 4.31. The Bertz CT molecular complexity index is 727. The average Bonchev–Trinajstić information content (AvgIpc) is 2.64. The van der Waals surface area contributed by atoms with Crippen LogP contribution in [0, 0.1) is 5.82 Å². The zero-order valence-corrected chi connectivity index (χ0v) is 14.1. The van der Waals surface area contributed by atoms with Crippen LogP contribution in [0.2, 0.25) is 0 Å². The minimum Gasteiger partial charge on any atom is -0.435 e. The lowest BCUT2D eigenvalue weighted by molar-refractivity contribution is -0.0498. The Hall–Kier alpha value is -2.54. The Morgan fingerprint density at radius 3 is 2.15 bits per heavy atom. The molecule has 0 bridgehead atoms. The Balaban J connectivity index is 1.52. The first-order valence-electron chi connectivity index (χ1n) is 8.32. The van der Waals surface area contributed by atoms with Crippen LogP contribution in [-0.2, 0) is 6.54 Å². The molecule has 3 rings (SSSR count). The summed E-state index contributed by atoms with van der Waals surface area (Å²) in [5.41, 5.74) is 1.47. The third kappa shape index (κ3) is 4.76. The van der Waals surface area contributed by atoms with Gasteiger partial charge in [0.1, 0.15) is 11.6 Å². The van der Waals surface area contributed by atoms with Crippen LogP contribution in [-0.4, -0.2) is 48.5 Å². The van der Waals surface area contributed by atoms with Crippen molar-refractivity contribution in [2.75, 3.05) is 26.2 Å². The van der Waals surface area contributed by atoms with Gasteiger partial charge in [-0.25, -0.2) is 4.39 Å². The molecule has 1 amide bonds. The van der Waals surface area contributed by atoms with Gasteiger partial charge in [-0.1, -0.05) is 12.1 Å². The van der Waals surface area contributed by atoms with E-state index in [0.717, 1.165) is 18.7 Å². The molecule has 1 fully saturated rings. The summed E-state index contributed by atoms with van der Waals surface area (Å²) in [6.07, 6.45) is 0. The molecule has 0 aliphatic carbocycles. The minimum absolute atomic E-state index is 0.0284. The number of amides is 1. The maximum Gasteiger partial charge on any atom is 0.387 e. The van der Waals surface area contributed by atoms with Crippen LogP contribution in [0.5, 0.6) is 5.75 Å². The molecule has 2 aromatic carbocycles. The van der Waals surface area contributed by atoms with Gasteiger partial charge in [-0.15, -0.1) is 0 Å². The summed E-state index contributed by atoms with van der Waals surface area (Å²) < 4.78 is 41.6. The van der Waals surface area contributed by atoms with Crippen molar-refractivity contribution in [2.24, 2.45) is 0 Å². The molecule has 0 unspecified atom stereocenters. The van der Waals surface area contributed by atoms with E-state index in [4.69, 9.17) is 0 Å². The monoisotopic (exact) mass is 364 g/mol. The highest BCUT2D eigenvalue weighted by Crippen LogP contribution is 2.17. The summed E-state index contributed by atoms with van der Waals surface area (Å²) in [6, 6.07) is 12.1. The van der Waals surface area contributed by atoms with E-state index < -0.39 is 6.61 Å². The third-order valence-corrected chi connectivity index (χ3v) is 4.31. The van der Waals surface area contributed by atoms with Crippen LogP contribution in [0.4, 0.5) is 13.2 Å². The average molecular weight is 364 g/mol. The van der Waals surface area contributed by atoms with Crippen LogP contribution in [0.15, 0.2) is 48.5 Å². The van der Waals surface area contributed by atoms with E-state index >= 15 is 0 Å². The van der Waals surface area contributed by atoms with E-state index in [9.17, 15) is 18.0 Å². The first-order chi connectivity index (χ1) is 12.5. The quantitative estimate of drug-likeness (QED) is 0.815. The topological polar surface area (TPSA) is 32.8 Å². The normalized spacial score (nSPS) is 15.3. The summed E-state index contributed by atoms with van der Waals surface area (Å²) >= 11 is 0. The van der Waals surface area contributed by atoms with E-state index in [1.165, 1.54) is 36.4 Å². The van der Waals surface area contributed by atoms with Crippen LogP contribution in [0.1, 0.15) is 15.9 Å². The minimum atomic E-state index is -2.88. The number of hydrogen-bond acceptors (Lipinski definition) is 3. The summed E-state index contributed by atoms with van der Waals surface area (Å²) in [6.45, 7) is 0.420. The van der Waals surface area contributed by atoms with Gasteiger partial charge in [0, 0.05) is 38.3 Å². The smallest absolute Gasteiger partial charge is 0.387 e. The number of piperazine rings is 1. The highest BCUT2D eigenvalue weighted by Gasteiger charge is 2.22. The Morgan fingerprint density at radius 2 is 1.58 bits per heavy atom. The van der Waals surface area contributed by atoms with E-state index in [1.54, 1.807) is 17.0 Å². The zero-order chi connectivity index (χ0) is 18.5. The molecule has 4 nitrogen and oxygen atoms in total. The zero-order valence-electron chi connectivity index (χ0n) is 14.1. The summed E-state index contributed by atoms with van der Waals surface area (Å²) in [5.74, 6) is -0.357. The molecule has 2 aromatic rings. The van der Waals surface area contributed by atoms with Crippen LogP contribution in [0.25, 0.3) is 0 Å². The van der Waals surface area contributed by atoms with Crippen molar-refractivity contribution in [2.45, 2.75) is 13.2 Å². The van der Waals surface area contributed by atoms with E-state index in [1.807, 2.05) is 0 Å². The van der Waals surface area contributed by atoms with Gasteiger partial charge in [0.15, 0.2) is 0 Å². The number of nitrogens with zero attached hydrogens (tertiary/aromatic N) is 2. The van der Waals surface area contributed by atoms with Gasteiger partial charge in [0.05, 0.1) is 0 Å². The van der Waals surface area contributed by atoms with Crippen molar-refractivity contribution >= 4 is 5.91 Å². The second kappa shape index (κ2) is 8.23. The molecular weight excluding hydrogens is 345 g/mol. The maximum atomic E-state index is 13.0. The molecule has 26 heavy (non-hydrogen) atoms. The standard InChI is InChI=1S/C19H19F3N2O2/c20-16-5-1-14(2-6-16)13-23-9-11-24(12-10-23)18(25)15-3-7-17(8-4-15)26-19(21)22/h1-8,19H,9-13H2. The lowest BCUT2D eigenvalue weighted by Gasteiger charge is -2.34. The fourth-order valence-corrected chi connectivity index (χ4v) is 2.92. The lowest BCUT2D eigenvalue weighted by Crippen LogP contribution is -2.48. The molecule has 0 radical (unpaired) electrons. The van der Waals surface area contributed by atoms with Crippen molar-refractivity contribution in [3.8, 4) is 5.75 Å². The number of rotatable bonds is 5. The summed E-state index contributed by atoms with van der Waals surface area (Å²) in [5, 5.41) is 0. The van der Waals surface area contributed by atoms with Gasteiger partial charge in [-0.3, -0.25) is 9.69 Å². The Kier molecular flexibility index (Phi) is 5.78. The molecule has 0 N–H and O–H groups in total. The number of halogens is 3. The predicted molar refractivity (Wildman–Crippen MR) is 90.7 cm³/mol. The fraction of sp³-hybridized carbons (Fsp3) is 0.316. The van der Waals surface area contributed by atoms with Gasteiger partial charge >= 0.3 is 6.61 Å². The largest absolute Gasteiger partial charge is 0.435 e. The number of hydrogen-bond donors (Lipinski definition) is 0. The highest BCUT2D eigenvalue weighted by molar-refractivity contribution is 5.94. The fourth-order valence-electron chi connectivity index (χ4n) is 2.92. The van der Waals surface area contributed by atoms with Crippen LogP contribution < -0.4 is 4.74 Å². The molecule has 1 aliphatic rings. The molecule has 1 saturated heterocycles. The van der Waals surface area contributed by atoms with Gasteiger partial charge in [-0.05, 0) is 42.0 Å². The first-order valence-corrected chi connectivity index (χ1v) is 8.32. The summed E-state index contributed by atoms with van der Waals surface area (Å²) in [4.78, 5) is 16.5. The maximum absolute atomic E-state index is 13.0. The molecule has 138 valence electrons. The predicted octanol–water partition coefficient (Wildman–Crippen LogP) is 3.39. The number of carbonyl (C=O) groups is 1. The number of alkyl halides is 2. The van der Waals surface area contributed by atoms with Crippen molar-refractivity contribution in [3.63, 3.8) is 0 Å².